The molecular formula is C21H30N2O6. The first kappa shape index (κ1) is 22.7. The summed E-state index contributed by atoms with van der Waals surface area (Å²) in [5, 5.41) is 19.1. The smallest absolute Gasteiger partial charge is 0.328 e. The van der Waals surface area contributed by atoms with E-state index in [-0.39, 0.29) is 0 Å². The number of nitrogens with one attached hydrogen (secondary N) is 1. The third-order valence-electron chi connectivity index (χ3n) is 4.87. The van der Waals surface area contributed by atoms with Crippen LogP contribution in [0.4, 0.5) is 5.69 Å². The zero-order valence-electron chi connectivity index (χ0n) is 17.1. The minimum Gasteiger partial charge on any atom is -0.490 e. The fraction of sp³-hybridized carbons (Fsp3) is 0.524. The molecule has 0 saturated heterocycles. The van der Waals surface area contributed by atoms with Crippen molar-refractivity contribution in [3.63, 3.8) is 0 Å². The lowest BCUT2D eigenvalue weighted by Crippen LogP contribution is -2.36. The minimum absolute atomic E-state index is 0.558. The Morgan fingerprint density at radius 1 is 1.24 bits per heavy atom. The van der Waals surface area contributed by atoms with Crippen molar-refractivity contribution in [3.05, 3.63) is 34.9 Å². The van der Waals surface area contributed by atoms with Gasteiger partial charge in [-0.15, -0.1) is 0 Å². The molecule has 0 radical (unpaired) electrons. The van der Waals surface area contributed by atoms with E-state index < -0.39 is 11.9 Å². The highest BCUT2D eigenvalue weighted by atomic mass is 16.5. The molecule has 1 aromatic carbocycles. The number of carboxylic acids is 2. The van der Waals surface area contributed by atoms with Crippen molar-refractivity contribution in [1.29, 1.82) is 0 Å². The second kappa shape index (κ2) is 11.4. The molecule has 0 amide bonds. The molecule has 1 aromatic rings. The summed E-state index contributed by atoms with van der Waals surface area (Å²) in [6.07, 6.45) is 3.34. The van der Waals surface area contributed by atoms with E-state index >= 15 is 0 Å². The van der Waals surface area contributed by atoms with Crippen LogP contribution in [0.5, 0.6) is 5.75 Å². The SMILES string of the molecule is CCOCCN1CCOc2cc3c(c(C)c21)CCNCC3.O=C(O)/C=C/C(=O)O. The maximum Gasteiger partial charge on any atom is 0.328 e. The maximum atomic E-state index is 9.55. The largest absolute Gasteiger partial charge is 0.490 e. The molecule has 2 aliphatic heterocycles. The van der Waals surface area contributed by atoms with Crippen molar-refractivity contribution in [1.82, 2.24) is 5.32 Å². The van der Waals surface area contributed by atoms with Crippen LogP contribution >= 0.6 is 0 Å². The van der Waals surface area contributed by atoms with E-state index in [4.69, 9.17) is 19.7 Å². The van der Waals surface area contributed by atoms with Gasteiger partial charge in [0.2, 0.25) is 0 Å². The molecule has 0 unspecified atom stereocenters. The van der Waals surface area contributed by atoms with Crippen molar-refractivity contribution in [2.75, 3.05) is 50.9 Å². The molecule has 29 heavy (non-hydrogen) atoms. The molecule has 3 N–H and O–H groups in total. The van der Waals surface area contributed by atoms with Crippen molar-refractivity contribution in [2.45, 2.75) is 26.7 Å². The fourth-order valence-corrected chi connectivity index (χ4v) is 3.58. The summed E-state index contributed by atoms with van der Waals surface area (Å²) in [7, 11) is 0. The van der Waals surface area contributed by atoms with Gasteiger partial charge in [0.05, 0.1) is 18.8 Å². The van der Waals surface area contributed by atoms with E-state index in [2.05, 4.69) is 23.2 Å². The lowest BCUT2D eigenvalue weighted by Gasteiger charge is -2.34. The van der Waals surface area contributed by atoms with Crippen LogP contribution in [0.3, 0.4) is 0 Å². The molecule has 0 aromatic heterocycles. The quantitative estimate of drug-likeness (QED) is 0.483. The highest BCUT2D eigenvalue weighted by molar-refractivity contribution is 5.89. The first-order valence-corrected chi connectivity index (χ1v) is 9.89. The number of anilines is 1. The van der Waals surface area contributed by atoms with E-state index in [1.165, 1.54) is 22.4 Å². The van der Waals surface area contributed by atoms with Crippen LogP contribution in [0, 0.1) is 6.92 Å². The Morgan fingerprint density at radius 3 is 2.59 bits per heavy atom. The van der Waals surface area contributed by atoms with Crippen molar-refractivity contribution >= 4 is 17.6 Å². The van der Waals surface area contributed by atoms with E-state index in [1.54, 1.807) is 0 Å². The van der Waals surface area contributed by atoms with Crippen LogP contribution < -0.4 is 15.0 Å². The number of benzene rings is 1. The number of carboxylic acid groups (broad SMARTS) is 2. The van der Waals surface area contributed by atoms with Crippen LogP contribution in [-0.4, -0.2) is 68.2 Å². The second-order valence-corrected chi connectivity index (χ2v) is 6.78. The Bertz CT molecular complexity index is 731. The van der Waals surface area contributed by atoms with Gasteiger partial charge in [0, 0.05) is 25.3 Å². The predicted molar refractivity (Wildman–Crippen MR) is 110 cm³/mol. The summed E-state index contributed by atoms with van der Waals surface area (Å²) < 4.78 is 11.5. The predicted octanol–water partition coefficient (Wildman–Crippen LogP) is 1.63. The number of hydrogen-bond donors (Lipinski definition) is 3. The molecule has 0 spiro atoms. The third-order valence-corrected chi connectivity index (χ3v) is 4.87. The molecule has 2 heterocycles. The number of fused-ring (bicyclic) bond motifs is 2. The molecule has 0 saturated carbocycles. The zero-order valence-corrected chi connectivity index (χ0v) is 17.1. The fourth-order valence-electron chi connectivity index (χ4n) is 3.58. The number of ether oxygens (including phenoxy) is 2. The topological polar surface area (TPSA) is 108 Å². The lowest BCUT2D eigenvalue weighted by molar-refractivity contribution is -0.134. The minimum atomic E-state index is -1.26. The highest BCUT2D eigenvalue weighted by Gasteiger charge is 2.24. The standard InChI is InChI=1S/C17H26N2O2.C4H4O4/c1-3-20-10-8-19-9-11-21-16-12-14-4-6-18-7-5-15(14)13(2)17(16)19;5-3(6)1-2-4(7)8/h12,18H,3-11H2,1-2H3;1-2H,(H,5,6)(H,7,8)/b;2-1+. The zero-order chi connectivity index (χ0) is 21.2. The van der Waals surface area contributed by atoms with Crippen LogP contribution in [0.15, 0.2) is 18.2 Å². The summed E-state index contributed by atoms with van der Waals surface area (Å²) in [4.78, 5) is 21.5. The number of carbonyl (C=O) groups is 2. The molecule has 0 atom stereocenters. The Morgan fingerprint density at radius 2 is 1.93 bits per heavy atom. The number of nitrogens with zero attached hydrogens (tertiary/aromatic N) is 1. The molecular weight excluding hydrogens is 376 g/mol. The summed E-state index contributed by atoms with van der Waals surface area (Å²) >= 11 is 0. The Hall–Kier alpha value is -2.58. The van der Waals surface area contributed by atoms with Crippen LogP contribution in [0.1, 0.15) is 23.6 Å². The van der Waals surface area contributed by atoms with Gasteiger partial charge in [-0.25, -0.2) is 9.59 Å². The van der Waals surface area contributed by atoms with E-state index in [0.717, 1.165) is 64.6 Å². The lowest BCUT2D eigenvalue weighted by atomic mass is 9.94. The first-order chi connectivity index (χ1) is 13.9. The second-order valence-electron chi connectivity index (χ2n) is 6.78. The molecule has 0 aliphatic carbocycles. The number of aliphatic carboxylic acids is 2. The van der Waals surface area contributed by atoms with Crippen molar-refractivity contribution in [2.24, 2.45) is 0 Å². The van der Waals surface area contributed by atoms with Crippen molar-refractivity contribution < 1.29 is 29.3 Å². The van der Waals surface area contributed by atoms with Crippen LogP contribution in [-0.2, 0) is 27.2 Å². The van der Waals surface area contributed by atoms with Gasteiger partial charge in [0.1, 0.15) is 12.4 Å². The maximum absolute atomic E-state index is 9.55. The first-order valence-electron chi connectivity index (χ1n) is 9.89. The van der Waals surface area contributed by atoms with Gasteiger partial charge in [0.25, 0.3) is 0 Å². The van der Waals surface area contributed by atoms with Gasteiger partial charge in [-0.05, 0) is 62.5 Å². The average Bonchev–Trinajstić information content (AvgIpc) is 2.93. The third kappa shape index (κ3) is 6.76. The number of hydrogen-bond acceptors (Lipinski definition) is 6. The molecule has 8 nitrogen and oxygen atoms in total. The van der Waals surface area contributed by atoms with Gasteiger partial charge in [-0.1, -0.05) is 0 Å². The number of rotatable bonds is 6. The summed E-state index contributed by atoms with van der Waals surface area (Å²) in [5.41, 5.74) is 5.68. The Labute approximate surface area is 171 Å². The summed E-state index contributed by atoms with van der Waals surface area (Å²) in [5.74, 6) is -1.45. The normalized spacial score (nSPS) is 15.4. The molecule has 3 rings (SSSR count). The van der Waals surface area contributed by atoms with Crippen molar-refractivity contribution in [3.8, 4) is 5.75 Å². The Balaban J connectivity index is 0.000000321. The summed E-state index contributed by atoms with van der Waals surface area (Å²) in [6.45, 7) is 10.7. The van der Waals surface area contributed by atoms with E-state index in [1.807, 2.05) is 6.92 Å². The van der Waals surface area contributed by atoms with Gasteiger partial charge < -0.3 is 29.9 Å². The molecule has 0 bridgehead atoms. The molecule has 2 aliphatic rings. The van der Waals surface area contributed by atoms with E-state index in [9.17, 15) is 9.59 Å². The monoisotopic (exact) mass is 406 g/mol. The van der Waals surface area contributed by atoms with Crippen LogP contribution in [0.2, 0.25) is 0 Å². The van der Waals surface area contributed by atoms with E-state index in [0.29, 0.717) is 12.2 Å². The molecule has 160 valence electrons. The highest BCUT2D eigenvalue weighted by Crippen LogP contribution is 2.39. The molecule has 0 fully saturated rings. The van der Waals surface area contributed by atoms with Gasteiger partial charge in [-0.3, -0.25) is 0 Å². The van der Waals surface area contributed by atoms with Gasteiger partial charge >= 0.3 is 11.9 Å². The Kier molecular flexibility index (Phi) is 8.95. The van der Waals surface area contributed by atoms with Gasteiger partial charge in [0.15, 0.2) is 0 Å². The van der Waals surface area contributed by atoms with Gasteiger partial charge in [-0.2, -0.15) is 0 Å². The average molecular weight is 406 g/mol. The molecule has 8 heteroatoms. The summed E-state index contributed by atoms with van der Waals surface area (Å²) in [6, 6.07) is 2.28. The van der Waals surface area contributed by atoms with Crippen LogP contribution in [0.25, 0.3) is 0 Å².